The Bertz CT molecular complexity index is 561. The number of hydrogen-bond donors (Lipinski definition) is 1. The Morgan fingerprint density at radius 2 is 2.10 bits per heavy atom. The number of fused-ring (bicyclic) bond motifs is 1. The fourth-order valence-corrected chi connectivity index (χ4v) is 3.11. The standard InChI is InChI=1S/C16H23N3OS/c1-4-5-10-15(20)19(12-11-18(2)3)16-17-13-8-6-7-9-14(13)21-16/h6-9H,4-5,10-12H2,1-3H3/p+1. The van der Waals surface area contributed by atoms with Gasteiger partial charge < -0.3 is 4.90 Å². The fraction of sp³-hybridized carbons (Fsp3) is 0.500. The second kappa shape index (κ2) is 7.52. The highest BCUT2D eigenvalue weighted by Gasteiger charge is 2.19. The van der Waals surface area contributed by atoms with Gasteiger partial charge in [0.25, 0.3) is 0 Å². The maximum absolute atomic E-state index is 12.5. The molecule has 1 N–H and O–H groups in total. The second-order valence-electron chi connectivity index (χ2n) is 5.57. The molecule has 4 nitrogen and oxygen atoms in total. The number of unbranched alkanes of at least 4 members (excludes halogenated alkanes) is 1. The smallest absolute Gasteiger partial charge is 0.228 e. The van der Waals surface area contributed by atoms with Gasteiger partial charge in [0.1, 0.15) is 0 Å². The Morgan fingerprint density at radius 1 is 1.33 bits per heavy atom. The maximum Gasteiger partial charge on any atom is 0.228 e. The van der Waals surface area contributed by atoms with Gasteiger partial charge >= 0.3 is 0 Å². The summed E-state index contributed by atoms with van der Waals surface area (Å²) in [6, 6.07) is 8.06. The van der Waals surface area contributed by atoms with Crippen molar-refractivity contribution >= 4 is 32.6 Å². The van der Waals surface area contributed by atoms with E-state index in [2.05, 4.69) is 32.1 Å². The van der Waals surface area contributed by atoms with E-state index in [1.54, 1.807) is 11.3 Å². The first-order valence-corrected chi connectivity index (χ1v) is 8.38. The van der Waals surface area contributed by atoms with Crippen LogP contribution in [-0.4, -0.2) is 38.1 Å². The van der Waals surface area contributed by atoms with E-state index in [1.807, 2.05) is 23.1 Å². The molecular weight excluding hydrogens is 282 g/mol. The van der Waals surface area contributed by atoms with Crippen LogP contribution in [0.4, 0.5) is 5.13 Å². The Morgan fingerprint density at radius 3 is 2.76 bits per heavy atom. The fourth-order valence-electron chi connectivity index (χ4n) is 2.10. The Kier molecular flexibility index (Phi) is 5.70. The molecule has 5 heteroatoms. The molecule has 1 aromatic heterocycles. The summed E-state index contributed by atoms with van der Waals surface area (Å²) in [6.45, 7) is 3.76. The Balaban J connectivity index is 2.22. The molecule has 2 aromatic rings. The summed E-state index contributed by atoms with van der Waals surface area (Å²) in [7, 11) is 4.21. The summed E-state index contributed by atoms with van der Waals surface area (Å²) in [5.74, 6) is 0.192. The van der Waals surface area contributed by atoms with Gasteiger partial charge in [-0.25, -0.2) is 4.98 Å². The molecule has 0 atom stereocenters. The van der Waals surface area contributed by atoms with Crippen LogP contribution in [0.1, 0.15) is 26.2 Å². The van der Waals surface area contributed by atoms with Crippen LogP contribution in [-0.2, 0) is 4.79 Å². The third kappa shape index (κ3) is 4.25. The highest BCUT2D eigenvalue weighted by molar-refractivity contribution is 7.22. The summed E-state index contributed by atoms with van der Waals surface area (Å²) in [5.41, 5.74) is 0.975. The maximum atomic E-state index is 12.5. The second-order valence-corrected chi connectivity index (χ2v) is 6.58. The average molecular weight is 306 g/mol. The summed E-state index contributed by atoms with van der Waals surface area (Å²) in [5, 5.41) is 0.832. The molecule has 21 heavy (non-hydrogen) atoms. The third-order valence-corrected chi connectivity index (χ3v) is 4.45. The molecule has 1 amide bonds. The van der Waals surface area contributed by atoms with Gasteiger partial charge in [0, 0.05) is 6.42 Å². The zero-order chi connectivity index (χ0) is 15.2. The zero-order valence-corrected chi connectivity index (χ0v) is 13.9. The Hall–Kier alpha value is -1.46. The van der Waals surface area contributed by atoms with E-state index >= 15 is 0 Å². The van der Waals surface area contributed by atoms with E-state index in [-0.39, 0.29) is 5.91 Å². The van der Waals surface area contributed by atoms with Gasteiger partial charge in [-0.05, 0) is 18.6 Å². The SMILES string of the molecule is CCCCC(=O)N(CC[NH+](C)C)c1nc2ccccc2s1. The molecule has 2 rings (SSSR count). The number of carbonyl (C=O) groups is 1. The van der Waals surface area contributed by atoms with E-state index in [0.29, 0.717) is 6.42 Å². The number of nitrogens with one attached hydrogen (secondary N) is 1. The highest BCUT2D eigenvalue weighted by Crippen LogP contribution is 2.28. The number of aromatic nitrogens is 1. The van der Waals surface area contributed by atoms with Crippen LogP contribution in [0.2, 0.25) is 0 Å². The van der Waals surface area contributed by atoms with Crippen LogP contribution in [0.25, 0.3) is 10.2 Å². The molecule has 1 aromatic carbocycles. The first-order valence-electron chi connectivity index (χ1n) is 7.56. The number of hydrogen-bond acceptors (Lipinski definition) is 3. The number of likely N-dealkylation sites (N-methyl/N-ethyl adjacent to an activating group) is 1. The number of anilines is 1. The number of nitrogens with zero attached hydrogens (tertiary/aromatic N) is 2. The summed E-state index contributed by atoms with van der Waals surface area (Å²) in [6.07, 6.45) is 2.59. The molecule has 0 radical (unpaired) electrons. The molecule has 0 aliphatic carbocycles. The number of para-hydroxylation sites is 1. The zero-order valence-electron chi connectivity index (χ0n) is 13.1. The molecule has 0 saturated carbocycles. The molecule has 0 spiro atoms. The average Bonchev–Trinajstić information content (AvgIpc) is 2.88. The predicted molar refractivity (Wildman–Crippen MR) is 89.2 cm³/mol. The monoisotopic (exact) mass is 306 g/mol. The molecule has 0 fully saturated rings. The lowest BCUT2D eigenvalue weighted by molar-refractivity contribution is -0.856. The molecule has 0 aliphatic heterocycles. The quantitative estimate of drug-likeness (QED) is 0.849. The van der Waals surface area contributed by atoms with Crippen molar-refractivity contribution in [1.82, 2.24) is 4.98 Å². The first kappa shape index (κ1) is 15.9. The third-order valence-electron chi connectivity index (χ3n) is 3.39. The molecule has 0 saturated heterocycles. The molecule has 0 aliphatic rings. The normalized spacial score (nSPS) is 11.2. The number of thiazole rings is 1. The van der Waals surface area contributed by atoms with Crippen molar-refractivity contribution in [1.29, 1.82) is 0 Å². The molecule has 0 bridgehead atoms. The van der Waals surface area contributed by atoms with E-state index in [1.165, 1.54) is 4.90 Å². The summed E-state index contributed by atoms with van der Waals surface area (Å²) < 4.78 is 1.14. The number of carbonyl (C=O) groups excluding carboxylic acids is 1. The van der Waals surface area contributed by atoms with Crippen LogP contribution in [0.5, 0.6) is 0 Å². The number of quaternary nitrogens is 1. The summed E-state index contributed by atoms with van der Waals surface area (Å²) >= 11 is 1.60. The van der Waals surface area contributed by atoms with Crippen LogP contribution in [0.3, 0.4) is 0 Å². The highest BCUT2D eigenvalue weighted by atomic mass is 32.1. The van der Waals surface area contributed by atoms with Crippen LogP contribution in [0.15, 0.2) is 24.3 Å². The minimum absolute atomic E-state index is 0.192. The van der Waals surface area contributed by atoms with Gasteiger partial charge in [-0.1, -0.05) is 36.8 Å². The van der Waals surface area contributed by atoms with Crippen LogP contribution >= 0.6 is 11.3 Å². The Labute approximate surface area is 130 Å². The van der Waals surface area contributed by atoms with Crippen molar-refractivity contribution in [3.63, 3.8) is 0 Å². The van der Waals surface area contributed by atoms with Gasteiger partial charge in [0.2, 0.25) is 5.91 Å². The summed E-state index contributed by atoms with van der Waals surface area (Å²) in [4.78, 5) is 20.3. The van der Waals surface area contributed by atoms with Gasteiger partial charge in [-0.15, -0.1) is 0 Å². The molecule has 1 heterocycles. The van der Waals surface area contributed by atoms with Crippen molar-refractivity contribution in [3.05, 3.63) is 24.3 Å². The van der Waals surface area contributed by atoms with Crippen molar-refractivity contribution in [3.8, 4) is 0 Å². The first-order chi connectivity index (χ1) is 10.1. The molecular formula is C16H24N3OS+. The van der Waals surface area contributed by atoms with Gasteiger partial charge in [-0.2, -0.15) is 0 Å². The lowest BCUT2D eigenvalue weighted by Crippen LogP contribution is -3.06. The minimum atomic E-state index is 0.192. The van der Waals surface area contributed by atoms with Crippen molar-refractivity contribution in [2.24, 2.45) is 0 Å². The van der Waals surface area contributed by atoms with Crippen molar-refractivity contribution < 1.29 is 9.69 Å². The van der Waals surface area contributed by atoms with E-state index in [4.69, 9.17) is 0 Å². The topological polar surface area (TPSA) is 37.6 Å². The van der Waals surface area contributed by atoms with Crippen LogP contribution in [0, 0.1) is 0 Å². The minimum Gasteiger partial charge on any atom is -0.338 e. The van der Waals surface area contributed by atoms with E-state index in [0.717, 1.165) is 41.3 Å². The number of rotatable bonds is 7. The van der Waals surface area contributed by atoms with E-state index in [9.17, 15) is 4.79 Å². The van der Waals surface area contributed by atoms with Gasteiger partial charge in [0.05, 0.1) is 37.4 Å². The number of amides is 1. The lowest BCUT2D eigenvalue weighted by atomic mass is 10.2. The number of benzene rings is 1. The van der Waals surface area contributed by atoms with Gasteiger partial charge in [0.15, 0.2) is 5.13 Å². The van der Waals surface area contributed by atoms with Crippen molar-refractivity contribution in [2.45, 2.75) is 26.2 Å². The molecule has 114 valence electrons. The van der Waals surface area contributed by atoms with E-state index < -0.39 is 0 Å². The predicted octanol–water partition coefficient (Wildman–Crippen LogP) is 1.96. The largest absolute Gasteiger partial charge is 0.338 e. The van der Waals surface area contributed by atoms with Gasteiger partial charge in [-0.3, -0.25) is 9.69 Å². The van der Waals surface area contributed by atoms with Crippen LogP contribution < -0.4 is 9.80 Å². The molecule has 0 unspecified atom stereocenters. The van der Waals surface area contributed by atoms with Crippen molar-refractivity contribution in [2.75, 3.05) is 32.1 Å². The lowest BCUT2D eigenvalue weighted by Gasteiger charge is -2.20.